The van der Waals surface area contributed by atoms with Crippen LogP contribution in [0, 0.1) is 0 Å². The maximum atomic E-state index is 13.7. The van der Waals surface area contributed by atoms with E-state index < -0.39 is 12.0 Å². The Kier molecular flexibility index (Phi) is 6.96. The fraction of sp³-hybridized carbons (Fsp3) is 0.148. The van der Waals surface area contributed by atoms with Crippen molar-refractivity contribution in [2.75, 3.05) is 6.61 Å². The van der Waals surface area contributed by atoms with Gasteiger partial charge < -0.3 is 9.15 Å². The third-order valence-electron chi connectivity index (χ3n) is 5.73. The number of nitrogens with zero attached hydrogens (tertiary/aromatic N) is 2. The van der Waals surface area contributed by atoms with Crippen molar-refractivity contribution < 1.29 is 13.9 Å². The first-order valence-corrected chi connectivity index (χ1v) is 13.6. The summed E-state index contributed by atoms with van der Waals surface area (Å²) >= 11 is 8.15. The van der Waals surface area contributed by atoms with Gasteiger partial charge in [0.1, 0.15) is 11.5 Å². The number of fused-ring (bicyclic) bond motifs is 1. The van der Waals surface area contributed by atoms with E-state index in [1.165, 1.54) is 11.3 Å². The maximum Gasteiger partial charge on any atom is 0.338 e. The number of halogens is 2. The Hall–Kier alpha value is -3.01. The molecule has 0 saturated heterocycles. The predicted molar refractivity (Wildman–Crippen MR) is 146 cm³/mol. The maximum absolute atomic E-state index is 13.7. The van der Waals surface area contributed by atoms with Crippen LogP contribution in [0.4, 0.5) is 0 Å². The van der Waals surface area contributed by atoms with Gasteiger partial charge in [-0.15, -0.1) is 0 Å². The minimum absolute atomic E-state index is 0.228. The van der Waals surface area contributed by atoms with Crippen molar-refractivity contribution in [2.45, 2.75) is 19.9 Å². The lowest BCUT2D eigenvalue weighted by atomic mass is 9.96. The van der Waals surface area contributed by atoms with E-state index >= 15 is 0 Å². The Labute approximate surface area is 227 Å². The first-order valence-electron chi connectivity index (χ1n) is 11.2. The molecule has 0 spiro atoms. The molecule has 1 aliphatic heterocycles. The fourth-order valence-corrected chi connectivity index (χ4v) is 5.64. The van der Waals surface area contributed by atoms with Gasteiger partial charge in [-0.05, 0) is 55.8 Å². The van der Waals surface area contributed by atoms with Gasteiger partial charge in [-0.2, -0.15) is 0 Å². The summed E-state index contributed by atoms with van der Waals surface area (Å²) in [5, 5.41) is 0. The number of esters is 1. The summed E-state index contributed by atoms with van der Waals surface area (Å²) in [5.74, 6) is 0.778. The summed E-state index contributed by atoms with van der Waals surface area (Å²) in [7, 11) is 0. The molecule has 2 aromatic carbocycles. The van der Waals surface area contributed by atoms with Crippen molar-refractivity contribution >= 4 is 55.2 Å². The predicted octanol–water partition coefficient (Wildman–Crippen LogP) is 5.58. The number of carbonyl (C=O) groups is 1. The second-order valence-corrected chi connectivity index (χ2v) is 10.9. The molecule has 0 bridgehead atoms. The molecule has 36 heavy (non-hydrogen) atoms. The van der Waals surface area contributed by atoms with E-state index in [0.29, 0.717) is 32.1 Å². The second-order valence-electron chi connectivity index (χ2n) is 8.06. The summed E-state index contributed by atoms with van der Waals surface area (Å²) in [6.07, 6.45) is 1.72. The molecule has 0 fully saturated rings. The summed E-state index contributed by atoms with van der Waals surface area (Å²) in [6.45, 7) is 3.75. The minimum Gasteiger partial charge on any atom is -0.463 e. The van der Waals surface area contributed by atoms with Gasteiger partial charge in [0.15, 0.2) is 4.80 Å². The fourth-order valence-electron chi connectivity index (χ4n) is 4.08. The molecule has 4 aromatic rings. The lowest BCUT2D eigenvalue weighted by Gasteiger charge is -2.24. The van der Waals surface area contributed by atoms with Gasteiger partial charge in [-0.3, -0.25) is 9.36 Å². The SMILES string of the molecule is CCOC(=O)C1=C(C)N=c2s/c(=C\c3ccc(-c4ccc(Br)cc4)o3)c(=O)n2[C@@H]1c1ccc(Br)cc1. The van der Waals surface area contributed by atoms with Crippen LogP contribution >= 0.6 is 43.2 Å². The van der Waals surface area contributed by atoms with Gasteiger partial charge in [0.2, 0.25) is 0 Å². The topological polar surface area (TPSA) is 73.8 Å². The summed E-state index contributed by atoms with van der Waals surface area (Å²) < 4.78 is 15.3. The molecule has 1 atom stereocenters. The molecule has 1 aliphatic rings. The van der Waals surface area contributed by atoms with Crippen molar-refractivity contribution in [3.05, 3.63) is 112 Å². The second kappa shape index (κ2) is 10.2. The third-order valence-corrected chi connectivity index (χ3v) is 7.77. The molecule has 0 saturated carbocycles. The molecule has 0 radical (unpaired) electrons. The minimum atomic E-state index is -0.648. The molecule has 182 valence electrons. The first-order chi connectivity index (χ1) is 17.4. The number of furan rings is 1. The number of hydrogen-bond acceptors (Lipinski definition) is 6. The van der Waals surface area contributed by atoms with Gasteiger partial charge in [0.05, 0.1) is 28.5 Å². The average Bonchev–Trinajstić information content (AvgIpc) is 3.44. The monoisotopic (exact) mass is 626 g/mol. The van der Waals surface area contributed by atoms with Crippen LogP contribution in [-0.2, 0) is 9.53 Å². The molecule has 6 nitrogen and oxygen atoms in total. The number of allylic oxidation sites excluding steroid dienone is 1. The lowest BCUT2D eigenvalue weighted by Crippen LogP contribution is -2.39. The molecule has 5 rings (SSSR count). The number of ether oxygens (including phenoxy) is 1. The number of aromatic nitrogens is 1. The Bertz CT molecular complexity index is 1660. The standard InChI is InChI=1S/C27H20Br2N2O4S/c1-3-34-26(33)23-15(2)30-27-31(24(23)17-6-10-19(29)11-7-17)25(32)22(36-27)14-20-12-13-21(35-20)16-4-8-18(28)9-5-16/h4-14,24H,3H2,1-2H3/b22-14-/t24-/m1/s1. The van der Waals surface area contributed by atoms with Gasteiger partial charge in [-0.25, -0.2) is 9.79 Å². The number of hydrogen-bond donors (Lipinski definition) is 0. The quantitative estimate of drug-likeness (QED) is 0.271. The third kappa shape index (κ3) is 4.70. The first kappa shape index (κ1) is 24.7. The molecule has 0 unspecified atom stereocenters. The zero-order chi connectivity index (χ0) is 25.4. The number of carbonyl (C=O) groups excluding carboxylic acids is 1. The van der Waals surface area contributed by atoms with E-state index in [9.17, 15) is 9.59 Å². The Morgan fingerprint density at radius 2 is 1.75 bits per heavy atom. The highest BCUT2D eigenvalue weighted by Gasteiger charge is 2.33. The molecular weight excluding hydrogens is 608 g/mol. The van der Waals surface area contributed by atoms with Crippen LogP contribution in [0.1, 0.15) is 31.2 Å². The summed E-state index contributed by atoms with van der Waals surface area (Å²) in [6, 6.07) is 18.4. The molecule has 0 aliphatic carbocycles. The van der Waals surface area contributed by atoms with E-state index in [2.05, 4.69) is 36.9 Å². The highest BCUT2D eigenvalue weighted by molar-refractivity contribution is 9.10. The van der Waals surface area contributed by atoms with Crippen LogP contribution in [0.2, 0.25) is 0 Å². The normalized spacial score (nSPS) is 15.6. The smallest absolute Gasteiger partial charge is 0.338 e. The highest BCUT2D eigenvalue weighted by Crippen LogP contribution is 2.31. The molecule has 0 amide bonds. The van der Waals surface area contributed by atoms with Crippen molar-refractivity contribution in [3.8, 4) is 11.3 Å². The Morgan fingerprint density at radius 3 is 2.42 bits per heavy atom. The van der Waals surface area contributed by atoms with Crippen LogP contribution in [0.25, 0.3) is 17.4 Å². The van der Waals surface area contributed by atoms with E-state index in [1.807, 2.05) is 60.7 Å². The summed E-state index contributed by atoms with van der Waals surface area (Å²) in [4.78, 5) is 31.7. The highest BCUT2D eigenvalue weighted by atomic mass is 79.9. The number of thiazole rings is 1. The average molecular weight is 628 g/mol. The van der Waals surface area contributed by atoms with Crippen molar-refractivity contribution in [1.29, 1.82) is 0 Å². The zero-order valence-corrected chi connectivity index (χ0v) is 23.3. The molecule has 0 N–H and O–H groups in total. The van der Waals surface area contributed by atoms with Crippen LogP contribution in [-0.4, -0.2) is 17.1 Å². The number of rotatable bonds is 5. The largest absolute Gasteiger partial charge is 0.463 e. The molecule has 9 heteroatoms. The van der Waals surface area contributed by atoms with Crippen LogP contribution in [0.3, 0.4) is 0 Å². The van der Waals surface area contributed by atoms with E-state index in [0.717, 1.165) is 20.1 Å². The Morgan fingerprint density at radius 1 is 1.08 bits per heavy atom. The van der Waals surface area contributed by atoms with Gasteiger partial charge in [-0.1, -0.05) is 67.5 Å². The van der Waals surface area contributed by atoms with Crippen LogP contribution < -0.4 is 14.9 Å². The van der Waals surface area contributed by atoms with Crippen molar-refractivity contribution in [2.24, 2.45) is 4.99 Å². The number of benzene rings is 2. The van der Waals surface area contributed by atoms with E-state index in [1.54, 1.807) is 24.5 Å². The van der Waals surface area contributed by atoms with Crippen LogP contribution in [0.5, 0.6) is 0 Å². The van der Waals surface area contributed by atoms with Gasteiger partial charge in [0.25, 0.3) is 5.56 Å². The lowest BCUT2D eigenvalue weighted by molar-refractivity contribution is -0.139. The molecule has 3 heterocycles. The van der Waals surface area contributed by atoms with Gasteiger partial charge >= 0.3 is 5.97 Å². The van der Waals surface area contributed by atoms with E-state index in [-0.39, 0.29) is 12.2 Å². The molecule has 2 aromatic heterocycles. The zero-order valence-electron chi connectivity index (χ0n) is 19.3. The molecular formula is C27H20Br2N2O4S. The van der Waals surface area contributed by atoms with Gasteiger partial charge in [0, 0.05) is 20.6 Å². The van der Waals surface area contributed by atoms with E-state index in [4.69, 9.17) is 9.15 Å². The van der Waals surface area contributed by atoms with Crippen LogP contribution in [0.15, 0.2) is 95.1 Å². The Balaban J connectivity index is 1.63. The van der Waals surface area contributed by atoms with Crippen molar-refractivity contribution in [1.82, 2.24) is 4.57 Å². The van der Waals surface area contributed by atoms with Crippen molar-refractivity contribution in [3.63, 3.8) is 0 Å². The summed E-state index contributed by atoms with van der Waals surface area (Å²) in [5.41, 5.74) is 2.36.